The molecule has 0 saturated heterocycles. The van der Waals surface area contributed by atoms with Gasteiger partial charge in [0.15, 0.2) is 17.2 Å². The maximum Gasteiger partial charge on any atom is 0.342 e. The van der Waals surface area contributed by atoms with E-state index in [1.165, 1.54) is 0 Å². The van der Waals surface area contributed by atoms with Crippen molar-refractivity contribution < 1.29 is 24.2 Å². The quantitative estimate of drug-likeness (QED) is 0.280. The summed E-state index contributed by atoms with van der Waals surface area (Å²) in [6.07, 6.45) is 0.0609. The number of rotatable bonds is 5. The van der Waals surface area contributed by atoms with Gasteiger partial charge in [-0.05, 0) is 110 Å². The number of phenols is 1. The molecule has 1 unspecified atom stereocenters. The van der Waals surface area contributed by atoms with Gasteiger partial charge in [-0.3, -0.25) is 4.57 Å². The molecule has 0 aromatic heterocycles. The highest BCUT2D eigenvalue weighted by molar-refractivity contribution is 14.1. The highest BCUT2D eigenvalue weighted by atomic mass is 127. The van der Waals surface area contributed by atoms with E-state index >= 15 is 0 Å². The molecule has 10 heteroatoms. The first-order valence-corrected chi connectivity index (χ1v) is 11.4. The number of hydrogen-bond donors (Lipinski definition) is 4. The van der Waals surface area contributed by atoms with Crippen LogP contribution in [0.4, 0.5) is 0 Å². The maximum atomic E-state index is 11.2. The molecule has 0 heterocycles. The van der Waals surface area contributed by atoms with Crippen LogP contribution in [0, 0.1) is 10.7 Å². The average molecular weight is 687 g/mol. The lowest BCUT2D eigenvalue weighted by Gasteiger charge is -2.16. The first-order chi connectivity index (χ1) is 11.1. The summed E-state index contributed by atoms with van der Waals surface area (Å²) in [5.41, 5.74) is 6.25. The number of phenolic OH excluding ortho intramolecular Hbond substituents is 1. The molecule has 1 atom stereocenters. The van der Waals surface area contributed by atoms with Crippen LogP contribution in [0.3, 0.4) is 0 Å². The largest absolute Gasteiger partial charge is 0.504 e. The normalized spacial score (nSPS) is 12.9. The first kappa shape index (κ1) is 20.6. The molecule has 130 valence electrons. The number of benzene rings is 2. The fourth-order valence-electron chi connectivity index (χ4n) is 1.87. The molecule has 0 spiro atoms. The van der Waals surface area contributed by atoms with Crippen LogP contribution < -0.4 is 10.5 Å². The van der Waals surface area contributed by atoms with Crippen molar-refractivity contribution in [3.05, 3.63) is 46.6 Å². The minimum atomic E-state index is -4.32. The zero-order chi connectivity index (χ0) is 18.1. The summed E-state index contributed by atoms with van der Waals surface area (Å²) >= 11 is 6.25. The molecule has 5 N–H and O–H groups in total. The Morgan fingerprint density at radius 2 is 1.71 bits per heavy atom. The van der Waals surface area contributed by atoms with Crippen molar-refractivity contribution in [3.63, 3.8) is 0 Å². The van der Waals surface area contributed by atoms with Crippen molar-refractivity contribution in [3.8, 4) is 17.2 Å². The number of nitrogens with two attached hydrogens (primary N) is 1. The van der Waals surface area contributed by atoms with Crippen LogP contribution >= 0.6 is 75.4 Å². The first-order valence-electron chi connectivity index (χ1n) is 6.53. The lowest BCUT2D eigenvalue weighted by atomic mass is 10.1. The third kappa shape index (κ3) is 5.42. The molecule has 2 rings (SSSR count). The van der Waals surface area contributed by atoms with E-state index < -0.39 is 13.4 Å². The van der Waals surface area contributed by atoms with Crippen molar-refractivity contribution in [1.29, 1.82) is 0 Å². The number of aromatic hydroxyl groups is 1. The van der Waals surface area contributed by atoms with Gasteiger partial charge >= 0.3 is 7.60 Å². The van der Waals surface area contributed by atoms with E-state index in [9.17, 15) is 9.67 Å². The van der Waals surface area contributed by atoms with E-state index in [0.29, 0.717) is 17.1 Å². The van der Waals surface area contributed by atoms with Gasteiger partial charge in [-0.15, -0.1) is 0 Å². The van der Waals surface area contributed by atoms with E-state index in [1.807, 2.05) is 6.07 Å². The Labute approximate surface area is 179 Å². The molecule has 2 aromatic rings. The fourth-order valence-corrected chi connectivity index (χ4v) is 4.92. The average Bonchev–Trinajstić information content (AvgIpc) is 2.43. The number of hydrogen-bond acceptors (Lipinski definition) is 4. The molecule has 0 bridgehead atoms. The third-order valence-corrected chi connectivity index (χ3v) is 6.39. The molecule has 0 saturated carbocycles. The fraction of sp³-hybridized carbons (Fsp3) is 0.143. The van der Waals surface area contributed by atoms with Crippen molar-refractivity contribution in [2.45, 2.75) is 12.2 Å². The molecule has 24 heavy (non-hydrogen) atoms. The second-order valence-electron chi connectivity index (χ2n) is 4.96. The Balaban J connectivity index is 2.28. The lowest BCUT2D eigenvalue weighted by Crippen LogP contribution is -2.22. The Hall–Kier alpha value is 0.340. The van der Waals surface area contributed by atoms with Crippen LogP contribution in [0.15, 0.2) is 30.3 Å². The smallest absolute Gasteiger partial charge is 0.342 e. The van der Waals surface area contributed by atoms with Gasteiger partial charge < -0.3 is 25.4 Å². The zero-order valence-corrected chi connectivity index (χ0v) is 19.4. The van der Waals surface area contributed by atoms with Crippen LogP contribution in [0.25, 0.3) is 0 Å². The van der Waals surface area contributed by atoms with Crippen molar-refractivity contribution >= 4 is 75.4 Å². The van der Waals surface area contributed by atoms with Gasteiger partial charge in [0.1, 0.15) is 5.78 Å². The molecular weight excluding hydrogens is 674 g/mol. The second-order valence-corrected chi connectivity index (χ2v) is 10.4. The Bertz CT molecular complexity index is 788. The van der Waals surface area contributed by atoms with Gasteiger partial charge in [0, 0.05) is 3.57 Å². The lowest BCUT2D eigenvalue weighted by molar-refractivity contribution is 0.358. The second kappa shape index (κ2) is 8.35. The summed E-state index contributed by atoms with van der Waals surface area (Å²) in [7, 11) is -4.32. The standard InChI is InChI=1S/C14H13I3NO5P/c15-8-1-2-12(11(19)6-8)23-14-9(16)3-7(4-10(14)17)5-13(18)24(20,21)22/h1-4,6,13,19H,5,18H2,(H2,20,21,22). The summed E-state index contributed by atoms with van der Waals surface area (Å²) in [5.74, 6) is -0.288. The summed E-state index contributed by atoms with van der Waals surface area (Å²) in [4.78, 5) is 18.2. The van der Waals surface area contributed by atoms with E-state index in [4.69, 9.17) is 20.3 Å². The molecular formula is C14H13I3NO5P. The minimum absolute atomic E-state index is 0.0427. The summed E-state index contributed by atoms with van der Waals surface area (Å²) in [6, 6.07) is 8.63. The van der Waals surface area contributed by atoms with E-state index in [-0.39, 0.29) is 12.2 Å². The predicted molar refractivity (Wildman–Crippen MR) is 116 cm³/mol. The molecule has 6 nitrogen and oxygen atoms in total. The molecule has 0 aliphatic carbocycles. The molecule has 2 aromatic carbocycles. The van der Waals surface area contributed by atoms with Gasteiger partial charge in [0.2, 0.25) is 0 Å². The molecule has 0 amide bonds. The van der Waals surface area contributed by atoms with E-state index in [0.717, 1.165) is 10.7 Å². The van der Waals surface area contributed by atoms with Gasteiger partial charge in [-0.1, -0.05) is 0 Å². The van der Waals surface area contributed by atoms with Crippen LogP contribution in [0.5, 0.6) is 17.2 Å². The molecule has 0 aliphatic rings. The number of halogens is 3. The highest BCUT2D eigenvalue weighted by Gasteiger charge is 2.25. The molecule has 0 aliphatic heterocycles. The molecule has 0 radical (unpaired) electrons. The van der Waals surface area contributed by atoms with Crippen LogP contribution in [0.1, 0.15) is 5.56 Å². The van der Waals surface area contributed by atoms with Gasteiger partial charge in [0.25, 0.3) is 0 Å². The summed E-state index contributed by atoms with van der Waals surface area (Å²) < 4.78 is 19.4. The summed E-state index contributed by atoms with van der Waals surface area (Å²) in [6.45, 7) is 0. The van der Waals surface area contributed by atoms with Crippen LogP contribution in [0.2, 0.25) is 0 Å². The van der Waals surface area contributed by atoms with Crippen LogP contribution in [-0.2, 0) is 11.0 Å². The maximum absolute atomic E-state index is 11.2. The van der Waals surface area contributed by atoms with E-state index in [1.54, 1.807) is 24.3 Å². The topological polar surface area (TPSA) is 113 Å². The third-order valence-electron chi connectivity index (χ3n) is 3.07. The van der Waals surface area contributed by atoms with Gasteiger partial charge in [-0.25, -0.2) is 0 Å². The molecule has 0 fully saturated rings. The zero-order valence-electron chi connectivity index (χ0n) is 12.0. The van der Waals surface area contributed by atoms with E-state index in [2.05, 4.69) is 67.8 Å². The predicted octanol–water partition coefficient (Wildman–Crippen LogP) is 4.00. The Kier molecular flexibility index (Phi) is 7.19. The number of ether oxygens (including phenoxy) is 1. The van der Waals surface area contributed by atoms with Crippen molar-refractivity contribution in [2.24, 2.45) is 5.73 Å². The minimum Gasteiger partial charge on any atom is -0.504 e. The van der Waals surface area contributed by atoms with Gasteiger partial charge in [-0.2, -0.15) is 0 Å². The summed E-state index contributed by atoms with van der Waals surface area (Å²) in [5, 5.41) is 9.96. The van der Waals surface area contributed by atoms with Crippen LogP contribution in [-0.4, -0.2) is 20.7 Å². The van der Waals surface area contributed by atoms with Gasteiger partial charge in [0.05, 0.1) is 7.14 Å². The highest BCUT2D eigenvalue weighted by Crippen LogP contribution is 2.41. The monoisotopic (exact) mass is 687 g/mol. The Morgan fingerprint density at radius 3 is 2.21 bits per heavy atom. The Morgan fingerprint density at radius 1 is 1.12 bits per heavy atom. The van der Waals surface area contributed by atoms with Crippen molar-refractivity contribution in [1.82, 2.24) is 0 Å². The SMILES string of the molecule is NC(Cc1cc(I)c(Oc2ccc(I)cc2O)c(I)c1)P(=O)(O)O. The van der Waals surface area contributed by atoms with Crippen molar-refractivity contribution in [2.75, 3.05) is 0 Å².